The molecular weight excluding hydrogens is 188 g/mol. The Morgan fingerprint density at radius 2 is 2.47 bits per heavy atom. The third kappa shape index (κ3) is 3.06. The molecule has 0 saturated carbocycles. The van der Waals surface area contributed by atoms with Gasteiger partial charge >= 0.3 is 0 Å². The molecule has 0 radical (unpaired) electrons. The maximum absolute atomic E-state index is 5.21. The van der Waals surface area contributed by atoms with E-state index in [0.717, 1.165) is 18.5 Å². The molecule has 0 amide bonds. The van der Waals surface area contributed by atoms with Gasteiger partial charge in [-0.1, -0.05) is 19.1 Å². The molecule has 1 unspecified atom stereocenters. The Morgan fingerprint density at radius 3 is 3.07 bits per heavy atom. The monoisotopic (exact) mass is 206 g/mol. The van der Waals surface area contributed by atoms with E-state index in [4.69, 9.17) is 4.74 Å². The van der Waals surface area contributed by atoms with Gasteiger partial charge in [0.1, 0.15) is 0 Å². The van der Waals surface area contributed by atoms with E-state index in [1.165, 1.54) is 0 Å². The number of aromatic nitrogens is 1. The number of hydrogen-bond donors (Lipinski definition) is 1. The molecule has 0 fully saturated rings. The largest absolute Gasteiger partial charge is 0.481 e. The van der Waals surface area contributed by atoms with Crippen LogP contribution in [0.25, 0.3) is 0 Å². The topological polar surface area (TPSA) is 34.2 Å². The highest BCUT2D eigenvalue weighted by Gasteiger charge is 2.11. The van der Waals surface area contributed by atoms with Crippen LogP contribution in [0.2, 0.25) is 0 Å². The van der Waals surface area contributed by atoms with Crippen LogP contribution < -0.4 is 10.1 Å². The lowest BCUT2D eigenvalue weighted by molar-refractivity contribution is 0.387. The lowest BCUT2D eigenvalue weighted by Crippen LogP contribution is -2.20. The van der Waals surface area contributed by atoms with Crippen LogP contribution in [0.15, 0.2) is 31.0 Å². The van der Waals surface area contributed by atoms with Gasteiger partial charge in [0.05, 0.1) is 13.2 Å². The number of pyridine rings is 1. The molecule has 3 heteroatoms. The highest BCUT2D eigenvalue weighted by molar-refractivity contribution is 5.31. The molecule has 0 bridgehead atoms. The summed E-state index contributed by atoms with van der Waals surface area (Å²) < 4.78 is 5.21. The minimum atomic E-state index is 0.105. The highest BCUT2D eigenvalue weighted by Crippen LogP contribution is 2.22. The summed E-state index contributed by atoms with van der Waals surface area (Å²) in [5.41, 5.74) is 1.03. The average molecular weight is 206 g/mol. The molecular formula is C12H18N2O. The molecule has 1 heterocycles. The molecule has 3 nitrogen and oxygen atoms in total. The molecule has 0 aliphatic carbocycles. The van der Waals surface area contributed by atoms with Gasteiger partial charge in [-0.25, -0.2) is 4.98 Å². The minimum absolute atomic E-state index is 0.105. The van der Waals surface area contributed by atoms with E-state index >= 15 is 0 Å². The normalized spacial score (nSPS) is 12.1. The first-order chi connectivity index (χ1) is 7.33. The van der Waals surface area contributed by atoms with Gasteiger partial charge in [0.2, 0.25) is 5.88 Å². The quantitative estimate of drug-likeness (QED) is 0.725. The Morgan fingerprint density at radius 1 is 1.67 bits per heavy atom. The Hall–Kier alpha value is -1.35. The summed E-state index contributed by atoms with van der Waals surface area (Å²) in [6.07, 6.45) is 4.68. The van der Waals surface area contributed by atoms with E-state index in [2.05, 4.69) is 23.8 Å². The SMILES string of the molecule is C=CC(NCCC)c1cccnc1OC. The van der Waals surface area contributed by atoms with Crippen LogP contribution >= 0.6 is 0 Å². The minimum Gasteiger partial charge on any atom is -0.481 e. The third-order valence-electron chi connectivity index (χ3n) is 2.18. The fourth-order valence-electron chi connectivity index (χ4n) is 1.43. The summed E-state index contributed by atoms with van der Waals surface area (Å²) in [5, 5.41) is 3.37. The maximum atomic E-state index is 5.21. The van der Waals surface area contributed by atoms with Crippen LogP contribution in [0.3, 0.4) is 0 Å². The van der Waals surface area contributed by atoms with Crippen LogP contribution in [0.1, 0.15) is 24.9 Å². The summed E-state index contributed by atoms with van der Waals surface area (Å²) in [5.74, 6) is 0.658. The molecule has 0 aromatic carbocycles. The zero-order valence-electron chi connectivity index (χ0n) is 9.36. The Bertz CT molecular complexity index is 312. The van der Waals surface area contributed by atoms with Gasteiger partial charge in [0.25, 0.3) is 0 Å². The zero-order valence-corrected chi connectivity index (χ0v) is 9.36. The highest BCUT2D eigenvalue weighted by atomic mass is 16.5. The van der Waals surface area contributed by atoms with E-state index < -0.39 is 0 Å². The van der Waals surface area contributed by atoms with Gasteiger partial charge in [-0.3, -0.25) is 0 Å². The summed E-state index contributed by atoms with van der Waals surface area (Å²) in [6.45, 7) is 6.91. The van der Waals surface area contributed by atoms with E-state index in [1.54, 1.807) is 13.3 Å². The van der Waals surface area contributed by atoms with Crippen LogP contribution in [0.4, 0.5) is 0 Å². The second-order valence-electron chi connectivity index (χ2n) is 3.27. The van der Waals surface area contributed by atoms with Crippen molar-refractivity contribution in [2.45, 2.75) is 19.4 Å². The molecule has 1 rings (SSSR count). The predicted molar refractivity (Wildman–Crippen MR) is 62.0 cm³/mol. The van der Waals surface area contributed by atoms with Crippen molar-refractivity contribution in [2.24, 2.45) is 0 Å². The van der Waals surface area contributed by atoms with Crippen LogP contribution in [-0.2, 0) is 0 Å². The van der Waals surface area contributed by atoms with Crippen molar-refractivity contribution in [1.82, 2.24) is 10.3 Å². The Kier molecular flexibility index (Phi) is 4.84. The second-order valence-corrected chi connectivity index (χ2v) is 3.27. The number of rotatable bonds is 6. The lowest BCUT2D eigenvalue weighted by atomic mass is 10.1. The molecule has 0 spiro atoms. The molecule has 1 aromatic rings. The standard InChI is InChI=1S/C12H18N2O/c1-4-8-13-11(5-2)10-7-6-9-14-12(10)15-3/h5-7,9,11,13H,2,4,8H2,1,3H3. The average Bonchev–Trinajstić information content (AvgIpc) is 2.30. The summed E-state index contributed by atoms with van der Waals surface area (Å²) in [4.78, 5) is 4.16. The third-order valence-corrected chi connectivity index (χ3v) is 2.18. The second kappa shape index (κ2) is 6.19. The predicted octanol–water partition coefficient (Wildman–Crippen LogP) is 2.32. The molecule has 1 aromatic heterocycles. The van der Waals surface area contributed by atoms with Crippen molar-refractivity contribution in [3.05, 3.63) is 36.5 Å². The number of nitrogens with zero attached hydrogens (tertiary/aromatic N) is 1. The van der Waals surface area contributed by atoms with Crippen LogP contribution in [0.5, 0.6) is 5.88 Å². The van der Waals surface area contributed by atoms with Crippen LogP contribution in [-0.4, -0.2) is 18.6 Å². The molecule has 0 aliphatic heterocycles. The molecule has 1 atom stereocenters. The van der Waals surface area contributed by atoms with Gasteiger partial charge in [-0.15, -0.1) is 6.58 Å². The number of ether oxygens (including phenoxy) is 1. The summed E-state index contributed by atoms with van der Waals surface area (Å²) in [6, 6.07) is 4.01. The molecule has 0 aliphatic rings. The molecule has 15 heavy (non-hydrogen) atoms. The van der Waals surface area contributed by atoms with Crippen molar-refractivity contribution in [1.29, 1.82) is 0 Å². The Balaban J connectivity index is 2.85. The molecule has 82 valence electrons. The van der Waals surface area contributed by atoms with Gasteiger partial charge in [0, 0.05) is 11.8 Å². The number of hydrogen-bond acceptors (Lipinski definition) is 3. The first-order valence-electron chi connectivity index (χ1n) is 5.18. The van der Waals surface area contributed by atoms with E-state index in [-0.39, 0.29) is 6.04 Å². The van der Waals surface area contributed by atoms with Gasteiger partial charge < -0.3 is 10.1 Å². The van der Waals surface area contributed by atoms with E-state index in [1.807, 2.05) is 18.2 Å². The van der Waals surface area contributed by atoms with Crippen LogP contribution in [0, 0.1) is 0 Å². The number of nitrogens with one attached hydrogen (secondary N) is 1. The molecule has 1 N–H and O–H groups in total. The zero-order chi connectivity index (χ0) is 11.1. The summed E-state index contributed by atoms with van der Waals surface area (Å²) >= 11 is 0. The first kappa shape index (κ1) is 11.7. The van der Waals surface area contributed by atoms with Crippen molar-refractivity contribution >= 4 is 0 Å². The van der Waals surface area contributed by atoms with Crippen molar-refractivity contribution < 1.29 is 4.74 Å². The van der Waals surface area contributed by atoms with E-state index in [0.29, 0.717) is 5.88 Å². The number of methoxy groups -OCH3 is 1. The van der Waals surface area contributed by atoms with Gasteiger partial charge in [-0.05, 0) is 19.0 Å². The first-order valence-corrected chi connectivity index (χ1v) is 5.18. The smallest absolute Gasteiger partial charge is 0.218 e. The van der Waals surface area contributed by atoms with Crippen molar-refractivity contribution in [3.63, 3.8) is 0 Å². The maximum Gasteiger partial charge on any atom is 0.218 e. The fourth-order valence-corrected chi connectivity index (χ4v) is 1.43. The van der Waals surface area contributed by atoms with Gasteiger partial charge in [0.15, 0.2) is 0 Å². The van der Waals surface area contributed by atoms with Crippen molar-refractivity contribution in [2.75, 3.05) is 13.7 Å². The van der Waals surface area contributed by atoms with Gasteiger partial charge in [-0.2, -0.15) is 0 Å². The van der Waals surface area contributed by atoms with E-state index in [9.17, 15) is 0 Å². The lowest BCUT2D eigenvalue weighted by Gasteiger charge is -2.16. The Labute approximate surface area is 91.2 Å². The fraction of sp³-hybridized carbons (Fsp3) is 0.417. The van der Waals surface area contributed by atoms with Crippen molar-refractivity contribution in [3.8, 4) is 5.88 Å². The molecule has 0 saturated heterocycles. The summed E-state index contributed by atoms with van der Waals surface area (Å²) in [7, 11) is 1.63.